The van der Waals surface area contributed by atoms with E-state index < -0.39 is 0 Å². The van der Waals surface area contributed by atoms with Crippen molar-refractivity contribution in [1.29, 1.82) is 0 Å². The van der Waals surface area contributed by atoms with E-state index in [9.17, 15) is 0 Å². The van der Waals surface area contributed by atoms with Crippen LogP contribution in [0.3, 0.4) is 0 Å². The van der Waals surface area contributed by atoms with Crippen molar-refractivity contribution in [2.75, 3.05) is 6.61 Å². The quantitative estimate of drug-likeness (QED) is 0.779. The van der Waals surface area contributed by atoms with E-state index in [4.69, 9.17) is 9.84 Å². The summed E-state index contributed by atoms with van der Waals surface area (Å²) in [6.45, 7) is 8.91. The normalized spacial score (nSPS) is 29.8. The number of ether oxygens (including phenoxy) is 1. The standard InChI is InChI=1S/C13H26O2/c1-10(9-14)15-11(2)12-6-5-7-13(3,4)8-12/h10-12,14H,5-9H2,1-4H3. The van der Waals surface area contributed by atoms with Gasteiger partial charge in [-0.25, -0.2) is 0 Å². The fourth-order valence-corrected chi connectivity index (χ4v) is 2.68. The van der Waals surface area contributed by atoms with Crippen molar-refractivity contribution in [3.8, 4) is 0 Å². The second kappa shape index (κ2) is 5.31. The number of aliphatic hydroxyl groups excluding tert-OH is 1. The number of hydrogen-bond donors (Lipinski definition) is 1. The van der Waals surface area contributed by atoms with Gasteiger partial charge >= 0.3 is 0 Å². The van der Waals surface area contributed by atoms with Gasteiger partial charge in [0.15, 0.2) is 0 Å². The van der Waals surface area contributed by atoms with Crippen LogP contribution < -0.4 is 0 Å². The van der Waals surface area contributed by atoms with Crippen molar-refractivity contribution < 1.29 is 9.84 Å². The zero-order valence-electron chi connectivity index (χ0n) is 10.6. The first-order chi connectivity index (χ1) is 6.94. The van der Waals surface area contributed by atoms with Gasteiger partial charge in [-0.2, -0.15) is 0 Å². The molecule has 0 bridgehead atoms. The van der Waals surface area contributed by atoms with E-state index >= 15 is 0 Å². The molecule has 3 unspecified atom stereocenters. The first-order valence-corrected chi connectivity index (χ1v) is 6.21. The molecule has 0 saturated heterocycles. The highest BCUT2D eigenvalue weighted by molar-refractivity contribution is 4.82. The van der Waals surface area contributed by atoms with Gasteiger partial charge in [-0.3, -0.25) is 0 Å². The van der Waals surface area contributed by atoms with Crippen molar-refractivity contribution in [2.45, 2.75) is 65.6 Å². The molecule has 0 aromatic carbocycles. The Bertz CT molecular complexity index is 189. The second-order valence-electron chi connectivity index (χ2n) is 5.86. The van der Waals surface area contributed by atoms with Crippen LogP contribution in [-0.4, -0.2) is 23.9 Å². The van der Waals surface area contributed by atoms with E-state index in [0.29, 0.717) is 11.3 Å². The molecule has 1 saturated carbocycles. The first-order valence-electron chi connectivity index (χ1n) is 6.21. The van der Waals surface area contributed by atoms with Crippen LogP contribution in [0, 0.1) is 11.3 Å². The zero-order valence-corrected chi connectivity index (χ0v) is 10.6. The molecular formula is C13H26O2. The van der Waals surface area contributed by atoms with Crippen LogP contribution in [-0.2, 0) is 4.74 Å². The molecule has 1 aliphatic rings. The molecule has 0 aliphatic heterocycles. The molecule has 0 heterocycles. The van der Waals surface area contributed by atoms with Gasteiger partial charge in [0, 0.05) is 0 Å². The second-order valence-corrected chi connectivity index (χ2v) is 5.86. The van der Waals surface area contributed by atoms with Gasteiger partial charge in [0.2, 0.25) is 0 Å². The van der Waals surface area contributed by atoms with Crippen molar-refractivity contribution in [3.63, 3.8) is 0 Å². The number of aliphatic hydroxyl groups is 1. The molecule has 0 spiro atoms. The van der Waals surface area contributed by atoms with Crippen molar-refractivity contribution >= 4 is 0 Å². The SMILES string of the molecule is CC(CO)OC(C)C1CCCC(C)(C)C1. The summed E-state index contributed by atoms with van der Waals surface area (Å²) in [7, 11) is 0. The summed E-state index contributed by atoms with van der Waals surface area (Å²) < 4.78 is 5.78. The first kappa shape index (κ1) is 13.0. The van der Waals surface area contributed by atoms with E-state index in [-0.39, 0.29) is 18.8 Å². The summed E-state index contributed by atoms with van der Waals surface area (Å²) in [5.74, 6) is 0.669. The molecule has 1 fully saturated rings. The maximum Gasteiger partial charge on any atom is 0.0781 e. The van der Waals surface area contributed by atoms with Crippen LogP contribution >= 0.6 is 0 Å². The number of hydrogen-bond acceptors (Lipinski definition) is 2. The lowest BCUT2D eigenvalue weighted by Crippen LogP contribution is -2.33. The van der Waals surface area contributed by atoms with E-state index in [0.717, 1.165) is 0 Å². The van der Waals surface area contributed by atoms with Gasteiger partial charge in [-0.1, -0.05) is 20.3 Å². The molecule has 0 amide bonds. The lowest BCUT2D eigenvalue weighted by molar-refractivity contribution is -0.0627. The predicted molar refractivity (Wildman–Crippen MR) is 62.8 cm³/mol. The number of rotatable bonds is 4. The Balaban J connectivity index is 2.42. The van der Waals surface area contributed by atoms with E-state index in [1.165, 1.54) is 25.7 Å². The summed E-state index contributed by atoms with van der Waals surface area (Å²) in [5.41, 5.74) is 0.475. The summed E-state index contributed by atoms with van der Waals surface area (Å²) in [6, 6.07) is 0. The highest BCUT2D eigenvalue weighted by Gasteiger charge is 2.31. The van der Waals surface area contributed by atoms with Gasteiger partial charge in [0.25, 0.3) is 0 Å². The van der Waals surface area contributed by atoms with Gasteiger partial charge in [0.05, 0.1) is 18.8 Å². The smallest absolute Gasteiger partial charge is 0.0781 e. The van der Waals surface area contributed by atoms with Crippen molar-refractivity contribution in [3.05, 3.63) is 0 Å². The predicted octanol–water partition coefficient (Wildman–Crippen LogP) is 2.99. The third-order valence-electron chi connectivity index (χ3n) is 3.61. The lowest BCUT2D eigenvalue weighted by atomic mass is 9.71. The summed E-state index contributed by atoms with van der Waals surface area (Å²) in [5, 5.41) is 8.96. The largest absolute Gasteiger partial charge is 0.394 e. The van der Waals surface area contributed by atoms with Crippen LogP contribution in [0.2, 0.25) is 0 Å². The summed E-state index contributed by atoms with van der Waals surface area (Å²) >= 11 is 0. The van der Waals surface area contributed by atoms with Gasteiger partial charge in [-0.05, 0) is 44.4 Å². The molecule has 0 aromatic rings. The Labute approximate surface area is 94.0 Å². The van der Waals surface area contributed by atoms with Crippen molar-refractivity contribution in [1.82, 2.24) is 0 Å². The molecular weight excluding hydrogens is 188 g/mol. The third kappa shape index (κ3) is 4.12. The van der Waals surface area contributed by atoms with Crippen LogP contribution in [0.4, 0.5) is 0 Å². The average molecular weight is 214 g/mol. The molecule has 90 valence electrons. The van der Waals surface area contributed by atoms with Gasteiger partial charge in [0.1, 0.15) is 0 Å². The van der Waals surface area contributed by atoms with E-state index in [1.807, 2.05) is 6.92 Å². The fourth-order valence-electron chi connectivity index (χ4n) is 2.68. The third-order valence-corrected chi connectivity index (χ3v) is 3.61. The highest BCUT2D eigenvalue weighted by Crippen LogP contribution is 2.40. The fraction of sp³-hybridized carbons (Fsp3) is 1.00. The Hall–Kier alpha value is -0.0800. The zero-order chi connectivity index (χ0) is 11.5. The Morgan fingerprint density at radius 3 is 2.60 bits per heavy atom. The molecule has 1 aliphatic carbocycles. The topological polar surface area (TPSA) is 29.5 Å². The molecule has 2 nitrogen and oxygen atoms in total. The molecule has 2 heteroatoms. The van der Waals surface area contributed by atoms with Crippen LogP contribution in [0.15, 0.2) is 0 Å². The van der Waals surface area contributed by atoms with Gasteiger partial charge < -0.3 is 9.84 Å². The van der Waals surface area contributed by atoms with E-state index in [1.54, 1.807) is 0 Å². The summed E-state index contributed by atoms with van der Waals surface area (Å²) in [6.07, 6.45) is 5.46. The van der Waals surface area contributed by atoms with E-state index in [2.05, 4.69) is 20.8 Å². The van der Waals surface area contributed by atoms with Crippen LogP contribution in [0.5, 0.6) is 0 Å². The Kier molecular flexibility index (Phi) is 4.60. The molecule has 0 radical (unpaired) electrons. The molecule has 0 aromatic heterocycles. The molecule has 15 heavy (non-hydrogen) atoms. The van der Waals surface area contributed by atoms with Gasteiger partial charge in [-0.15, -0.1) is 0 Å². The minimum atomic E-state index is -0.0231. The molecule has 1 rings (SSSR count). The highest BCUT2D eigenvalue weighted by atomic mass is 16.5. The minimum Gasteiger partial charge on any atom is -0.394 e. The Morgan fingerprint density at radius 2 is 2.07 bits per heavy atom. The average Bonchev–Trinajstić information content (AvgIpc) is 2.16. The van der Waals surface area contributed by atoms with Crippen LogP contribution in [0.1, 0.15) is 53.4 Å². The van der Waals surface area contributed by atoms with Crippen molar-refractivity contribution in [2.24, 2.45) is 11.3 Å². The maximum atomic E-state index is 8.96. The molecule has 1 N–H and O–H groups in total. The Morgan fingerprint density at radius 1 is 1.40 bits per heavy atom. The lowest BCUT2D eigenvalue weighted by Gasteiger charge is -2.38. The van der Waals surface area contributed by atoms with Crippen LogP contribution in [0.25, 0.3) is 0 Å². The monoisotopic (exact) mass is 214 g/mol. The maximum absolute atomic E-state index is 8.96. The minimum absolute atomic E-state index is 0.0231. The summed E-state index contributed by atoms with van der Waals surface area (Å²) in [4.78, 5) is 0. The molecule has 3 atom stereocenters.